The fourth-order valence-corrected chi connectivity index (χ4v) is 1.55. The number of amides is 2. The summed E-state index contributed by atoms with van der Waals surface area (Å²) < 4.78 is 5.31. The van der Waals surface area contributed by atoms with Crippen molar-refractivity contribution >= 4 is 17.5 Å². The molecule has 6 nitrogen and oxygen atoms in total. The number of ether oxygens (including phenoxy) is 1. The van der Waals surface area contributed by atoms with Crippen LogP contribution in [0.2, 0.25) is 0 Å². The van der Waals surface area contributed by atoms with E-state index >= 15 is 0 Å². The van der Waals surface area contributed by atoms with Crippen LogP contribution in [0, 0.1) is 5.92 Å². The molecule has 116 valence electrons. The Bertz CT molecular complexity index is 489. The molecule has 1 rings (SSSR count). The lowest BCUT2D eigenvalue weighted by Gasteiger charge is -2.15. The van der Waals surface area contributed by atoms with Crippen molar-refractivity contribution in [1.29, 1.82) is 0 Å². The highest BCUT2D eigenvalue weighted by Gasteiger charge is 2.13. The predicted octanol–water partition coefficient (Wildman–Crippen LogP) is 1.12. The van der Waals surface area contributed by atoms with Gasteiger partial charge in [0, 0.05) is 31.3 Å². The second-order valence-electron chi connectivity index (χ2n) is 5.15. The fourth-order valence-electron chi connectivity index (χ4n) is 1.55. The van der Waals surface area contributed by atoms with E-state index in [1.54, 1.807) is 31.3 Å². The SMILES string of the molecule is CNC(=O)COc1cccc(NC(=O)CC(N)C(C)C)c1. The molecule has 0 saturated carbocycles. The Balaban J connectivity index is 2.56. The van der Waals surface area contributed by atoms with Crippen LogP contribution in [0.25, 0.3) is 0 Å². The van der Waals surface area contributed by atoms with E-state index in [2.05, 4.69) is 10.6 Å². The normalized spacial score (nSPS) is 11.9. The van der Waals surface area contributed by atoms with Crippen LogP contribution in [-0.2, 0) is 9.59 Å². The molecule has 2 amide bonds. The summed E-state index contributed by atoms with van der Waals surface area (Å²) in [5, 5.41) is 5.24. The Morgan fingerprint density at radius 3 is 2.62 bits per heavy atom. The number of benzene rings is 1. The van der Waals surface area contributed by atoms with E-state index in [4.69, 9.17) is 10.5 Å². The van der Waals surface area contributed by atoms with E-state index in [1.807, 2.05) is 13.8 Å². The standard InChI is InChI=1S/C15H23N3O3/c1-10(2)13(16)8-14(19)18-11-5-4-6-12(7-11)21-9-15(20)17-3/h4-7,10,13H,8-9,16H2,1-3H3,(H,17,20)(H,18,19). The van der Waals surface area contributed by atoms with Crippen molar-refractivity contribution in [1.82, 2.24) is 5.32 Å². The molecule has 0 bridgehead atoms. The summed E-state index contributed by atoms with van der Waals surface area (Å²) >= 11 is 0. The molecule has 0 radical (unpaired) electrons. The molecule has 0 aliphatic heterocycles. The van der Waals surface area contributed by atoms with Crippen LogP contribution in [0.5, 0.6) is 5.75 Å². The van der Waals surface area contributed by atoms with Crippen LogP contribution in [0.4, 0.5) is 5.69 Å². The van der Waals surface area contributed by atoms with Gasteiger partial charge in [0.05, 0.1) is 0 Å². The molecule has 21 heavy (non-hydrogen) atoms. The number of hydrogen-bond acceptors (Lipinski definition) is 4. The van der Waals surface area contributed by atoms with E-state index in [9.17, 15) is 9.59 Å². The maximum absolute atomic E-state index is 11.9. The molecule has 1 unspecified atom stereocenters. The highest BCUT2D eigenvalue weighted by atomic mass is 16.5. The minimum Gasteiger partial charge on any atom is -0.484 e. The number of carbonyl (C=O) groups excluding carboxylic acids is 2. The predicted molar refractivity (Wildman–Crippen MR) is 82.1 cm³/mol. The Morgan fingerprint density at radius 2 is 2.00 bits per heavy atom. The molecule has 0 heterocycles. The van der Waals surface area contributed by atoms with Gasteiger partial charge in [-0.05, 0) is 18.1 Å². The minimum atomic E-state index is -0.215. The highest BCUT2D eigenvalue weighted by Crippen LogP contribution is 2.17. The number of carbonyl (C=O) groups is 2. The molecule has 1 aromatic carbocycles. The molecule has 4 N–H and O–H groups in total. The van der Waals surface area contributed by atoms with Crippen LogP contribution in [-0.4, -0.2) is 31.5 Å². The summed E-state index contributed by atoms with van der Waals surface area (Å²) in [6.07, 6.45) is 0.265. The van der Waals surface area contributed by atoms with Crippen LogP contribution >= 0.6 is 0 Å². The number of nitrogens with one attached hydrogen (secondary N) is 2. The second kappa shape index (κ2) is 8.26. The zero-order valence-electron chi connectivity index (χ0n) is 12.7. The van der Waals surface area contributed by atoms with Crippen molar-refractivity contribution < 1.29 is 14.3 Å². The van der Waals surface area contributed by atoms with Gasteiger partial charge in [-0.2, -0.15) is 0 Å². The summed E-state index contributed by atoms with van der Waals surface area (Å²) in [4.78, 5) is 23.0. The highest BCUT2D eigenvalue weighted by molar-refractivity contribution is 5.91. The number of anilines is 1. The second-order valence-corrected chi connectivity index (χ2v) is 5.15. The summed E-state index contributed by atoms with van der Waals surface area (Å²) in [6.45, 7) is 3.89. The number of nitrogens with two attached hydrogens (primary N) is 1. The van der Waals surface area contributed by atoms with Crippen molar-refractivity contribution in [2.45, 2.75) is 26.3 Å². The quantitative estimate of drug-likeness (QED) is 0.702. The van der Waals surface area contributed by atoms with Gasteiger partial charge in [-0.1, -0.05) is 19.9 Å². The van der Waals surface area contributed by atoms with Gasteiger partial charge in [-0.3, -0.25) is 9.59 Å². The largest absolute Gasteiger partial charge is 0.484 e. The first-order valence-electron chi connectivity index (χ1n) is 6.91. The molecule has 1 aromatic rings. The third-order valence-electron chi connectivity index (χ3n) is 3.04. The molecule has 0 saturated heterocycles. The minimum absolute atomic E-state index is 0.0634. The van der Waals surface area contributed by atoms with Crippen molar-refractivity contribution in [2.24, 2.45) is 11.7 Å². The first kappa shape index (κ1) is 17.0. The van der Waals surface area contributed by atoms with E-state index < -0.39 is 0 Å². The van der Waals surface area contributed by atoms with Gasteiger partial charge in [0.15, 0.2) is 6.61 Å². The molecule has 0 spiro atoms. The molecular formula is C15H23N3O3. The van der Waals surface area contributed by atoms with Crippen LogP contribution in [0.15, 0.2) is 24.3 Å². The Labute approximate surface area is 125 Å². The van der Waals surface area contributed by atoms with Crippen LogP contribution < -0.4 is 21.1 Å². The van der Waals surface area contributed by atoms with Gasteiger partial charge in [-0.15, -0.1) is 0 Å². The zero-order chi connectivity index (χ0) is 15.8. The first-order valence-corrected chi connectivity index (χ1v) is 6.91. The summed E-state index contributed by atoms with van der Waals surface area (Å²) in [7, 11) is 1.54. The average molecular weight is 293 g/mol. The lowest BCUT2D eigenvalue weighted by Crippen LogP contribution is -2.31. The fraction of sp³-hybridized carbons (Fsp3) is 0.467. The number of rotatable bonds is 7. The zero-order valence-corrected chi connectivity index (χ0v) is 12.7. The summed E-state index contributed by atoms with van der Waals surface area (Å²) in [5.74, 6) is 0.412. The van der Waals surface area contributed by atoms with Crippen molar-refractivity contribution in [2.75, 3.05) is 19.0 Å². The molecule has 0 aliphatic rings. The van der Waals surface area contributed by atoms with Crippen LogP contribution in [0.1, 0.15) is 20.3 Å². The number of hydrogen-bond donors (Lipinski definition) is 3. The Kier molecular flexibility index (Phi) is 6.68. The maximum Gasteiger partial charge on any atom is 0.257 e. The van der Waals surface area contributed by atoms with Crippen molar-refractivity contribution in [3.05, 3.63) is 24.3 Å². The van der Waals surface area contributed by atoms with Gasteiger partial charge in [-0.25, -0.2) is 0 Å². The van der Waals surface area contributed by atoms with Gasteiger partial charge >= 0.3 is 0 Å². The third kappa shape index (κ3) is 6.27. The Morgan fingerprint density at radius 1 is 1.29 bits per heavy atom. The van der Waals surface area contributed by atoms with Gasteiger partial charge in [0.2, 0.25) is 5.91 Å². The molecule has 1 atom stereocenters. The average Bonchev–Trinajstić information content (AvgIpc) is 2.44. The lowest BCUT2D eigenvalue weighted by molar-refractivity contribution is -0.122. The van der Waals surface area contributed by atoms with E-state index in [-0.39, 0.29) is 36.8 Å². The maximum atomic E-state index is 11.9. The molecule has 0 aromatic heterocycles. The van der Waals surface area contributed by atoms with Crippen molar-refractivity contribution in [3.8, 4) is 5.75 Å². The summed E-state index contributed by atoms with van der Waals surface area (Å²) in [6, 6.07) is 6.72. The van der Waals surface area contributed by atoms with Crippen LogP contribution in [0.3, 0.4) is 0 Å². The lowest BCUT2D eigenvalue weighted by atomic mass is 10.0. The molecule has 6 heteroatoms. The van der Waals surface area contributed by atoms with Crippen molar-refractivity contribution in [3.63, 3.8) is 0 Å². The van der Waals surface area contributed by atoms with E-state index in [0.29, 0.717) is 11.4 Å². The van der Waals surface area contributed by atoms with Gasteiger partial charge in [0.1, 0.15) is 5.75 Å². The van der Waals surface area contributed by atoms with Gasteiger partial charge < -0.3 is 21.1 Å². The first-order chi connectivity index (χ1) is 9.92. The van der Waals surface area contributed by atoms with E-state index in [1.165, 1.54) is 0 Å². The Hall–Kier alpha value is -2.08. The monoisotopic (exact) mass is 293 g/mol. The van der Waals surface area contributed by atoms with Gasteiger partial charge in [0.25, 0.3) is 5.91 Å². The molecule has 0 aliphatic carbocycles. The third-order valence-corrected chi connectivity index (χ3v) is 3.04. The molecule has 0 fully saturated rings. The smallest absolute Gasteiger partial charge is 0.257 e. The summed E-state index contributed by atoms with van der Waals surface area (Å²) in [5.41, 5.74) is 6.48. The topological polar surface area (TPSA) is 93.5 Å². The molecular weight excluding hydrogens is 270 g/mol. The van der Waals surface area contributed by atoms with E-state index in [0.717, 1.165) is 0 Å². The number of likely N-dealkylation sites (N-methyl/N-ethyl adjacent to an activating group) is 1.